The van der Waals surface area contributed by atoms with E-state index in [1.807, 2.05) is 0 Å². The number of halogens is 1. The molecular formula is C17H26BrNO. The molecule has 0 saturated heterocycles. The summed E-state index contributed by atoms with van der Waals surface area (Å²) in [6, 6.07) is 9.50. The predicted molar refractivity (Wildman–Crippen MR) is 87.9 cm³/mol. The lowest BCUT2D eigenvalue weighted by Gasteiger charge is -2.54. The van der Waals surface area contributed by atoms with E-state index in [1.165, 1.54) is 5.56 Å². The summed E-state index contributed by atoms with van der Waals surface area (Å²) in [6.07, 6.45) is 2.69. The summed E-state index contributed by atoms with van der Waals surface area (Å²) >= 11 is 3.49. The molecule has 1 aliphatic rings. The third kappa shape index (κ3) is 3.10. The van der Waals surface area contributed by atoms with Crippen molar-refractivity contribution in [2.75, 3.05) is 6.61 Å². The Morgan fingerprint density at radius 1 is 1.35 bits per heavy atom. The minimum atomic E-state index is 0.264. The Morgan fingerprint density at radius 3 is 2.55 bits per heavy atom. The van der Waals surface area contributed by atoms with Crippen molar-refractivity contribution in [3.8, 4) is 0 Å². The van der Waals surface area contributed by atoms with Crippen molar-refractivity contribution in [2.24, 2.45) is 5.41 Å². The third-order valence-electron chi connectivity index (χ3n) is 4.93. The van der Waals surface area contributed by atoms with Gasteiger partial charge in [-0.15, -0.1) is 0 Å². The lowest BCUT2D eigenvalue weighted by molar-refractivity contribution is -0.127. The van der Waals surface area contributed by atoms with Gasteiger partial charge in [0.05, 0.1) is 6.10 Å². The topological polar surface area (TPSA) is 21.3 Å². The van der Waals surface area contributed by atoms with Crippen LogP contribution in [-0.2, 0) is 4.74 Å². The van der Waals surface area contributed by atoms with Gasteiger partial charge in [-0.05, 0) is 44.4 Å². The minimum absolute atomic E-state index is 0.264. The van der Waals surface area contributed by atoms with E-state index in [9.17, 15) is 0 Å². The molecule has 4 unspecified atom stereocenters. The highest BCUT2D eigenvalue weighted by Gasteiger charge is 2.51. The first-order chi connectivity index (χ1) is 9.51. The Hall–Kier alpha value is -0.380. The standard InChI is InChI=1S/C17H26BrNO/c1-5-17(4)15(11-16(17)20-6-2)19-12(3)13-7-9-14(18)10-8-13/h7-10,12,15-16,19H,5-6,11H2,1-4H3. The minimum Gasteiger partial charge on any atom is -0.378 e. The molecule has 0 radical (unpaired) electrons. The predicted octanol–water partition coefficient (Wildman–Crippen LogP) is 4.69. The van der Waals surface area contributed by atoms with Crippen molar-refractivity contribution < 1.29 is 4.74 Å². The van der Waals surface area contributed by atoms with Crippen molar-refractivity contribution in [1.29, 1.82) is 0 Å². The number of rotatable bonds is 6. The molecule has 4 atom stereocenters. The van der Waals surface area contributed by atoms with Gasteiger partial charge in [-0.25, -0.2) is 0 Å². The Labute approximate surface area is 131 Å². The monoisotopic (exact) mass is 339 g/mol. The van der Waals surface area contributed by atoms with Crippen LogP contribution in [0.2, 0.25) is 0 Å². The molecule has 1 fully saturated rings. The smallest absolute Gasteiger partial charge is 0.0658 e. The fourth-order valence-corrected chi connectivity index (χ4v) is 3.42. The molecule has 2 rings (SSSR count). The number of benzene rings is 1. The number of ether oxygens (including phenoxy) is 1. The summed E-state index contributed by atoms with van der Waals surface area (Å²) in [4.78, 5) is 0. The number of hydrogen-bond acceptors (Lipinski definition) is 2. The first-order valence-electron chi connectivity index (χ1n) is 7.64. The molecule has 1 N–H and O–H groups in total. The first-order valence-corrected chi connectivity index (χ1v) is 8.43. The van der Waals surface area contributed by atoms with Crippen LogP contribution in [0.1, 0.15) is 52.1 Å². The lowest BCUT2D eigenvalue weighted by Crippen LogP contribution is -2.62. The van der Waals surface area contributed by atoms with Crippen LogP contribution in [0.5, 0.6) is 0 Å². The van der Waals surface area contributed by atoms with Gasteiger partial charge >= 0.3 is 0 Å². The first kappa shape index (κ1) is 16.0. The summed E-state index contributed by atoms with van der Waals surface area (Å²) in [7, 11) is 0. The SMILES string of the molecule is CCOC1CC(NC(C)c2ccc(Br)cc2)C1(C)CC. The summed E-state index contributed by atoms with van der Waals surface area (Å²) in [5.74, 6) is 0. The van der Waals surface area contributed by atoms with Crippen molar-refractivity contribution in [3.63, 3.8) is 0 Å². The highest BCUT2D eigenvalue weighted by Crippen LogP contribution is 2.46. The van der Waals surface area contributed by atoms with Crippen molar-refractivity contribution in [1.82, 2.24) is 5.32 Å². The Bertz CT molecular complexity index is 433. The molecule has 0 heterocycles. The Morgan fingerprint density at radius 2 is 2.00 bits per heavy atom. The molecule has 20 heavy (non-hydrogen) atoms. The van der Waals surface area contributed by atoms with E-state index < -0.39 is 0 Å². The Balaban J connectivity index is 1.98. The largest absolute Gasteiger partial charge is 0.378 e. The lowest BCUT2D eigenvalue weighted by atomic mass is 9.61. The molecule has 0 amide bonds. The molecule has 1 saturated carbocycles. The molecule has 0 aromatic heterocycles. The van der Waals surface area contributed by atoms with Crippen molar-refractivity contribution >= 4 is 15.9 Å². The fraction of sp³-hybridized carbons (Fsp3) is 0.647. The fourth-order valence-electron chi connectivity index (χ4n) is 3.16. The number of hydrogen-bond donors (Lipinski definition) is 1. The van der Waals surface area contributed by atoms with Gasteiger partial charge < -0.3 is 10.1 Å². The van der Waals surface area contributed by atoms with Crippen LogP contribution in [0.15, 0.2) is 28.7 Å². The molecule has 0 aliphatic heterocycles. The van der Waals surface area contributed by atoms with E-state index in [1.54, 1.807) is 0 Å². The molecule has 0 spiro atoms. The van der Waals surface area contributed by atoms with Crippen molar-refractivity contribution in [2.45, 2.75) is 58.7 Å². The van der Waals surface area contributed by atoms with Gasteiger partial charge in [0.2, 0.25) is 0 Å². The van der Waals surface area contributed by atoms with E-state index in [0.717, 1.165) is 23.9 Å². The summed E-state index contributed by atoms with van der Waals surface area (Å²) < 4.78 is 7.00. The zero-order chi connectivity index (χ0) is 14.8. The van der Waals surface area contributed by atoms with Crippen LogP contribution in [0, 0.1) is 5.41 Å². The summed E-state index contributed by atoms with van der Waals surface area (Å²) in [5.41, 5.74) is 1.60. The van der Waals surface area contributed by atoms with Crippen LogP contribution in [0.25, 0.3) is 0 Å². The highest BCUT2D eigenvalue weighted by molar-refractivity contribution is 9.10. The maximum Gasteiger partial charge on any atom is 0.0658 e. The van der Waals surface area contributed by atoms with Gasteiger partial charge in [-0.1, -0.05) is 41.9 Å². The summed E-state index contributed by atoms with van der Waals surface area (Å²) in [5, 5.41) is 3.79. The van der Waals surface area contributed by atoms with Gasteiger partial charge in [0.25, 0.3) is 0 Å². The number of nitrogens with one attached hydrogen (secondary N) is 1. The molecule has 2 nitrogen and oxygen atoms in total. The van der Waals surface area contributed by atoms with Gasteiger partial charge in [0.15, 0.2) is 0 Å². The zero-order valence-corrected chi connectivity index (χ0v) is 14.5. The van der Waals surface area contributed by atoms with Crippen LogP contribution in [0.3, 0.4) is 0 Å². The van der Waals surface area contributed by atoms with Crippen molar-refractivity contribution in [3.05, 3.63) is 34.3 Å². The van der Waals surface area contributed by atoms with Crippen LogP contribution >= 0.6 is 15.9 Å². The highest BCUT2D eigenvalue weighted by atomic mass is 79.9. The van der Waals surface area contributed by atoms with Crippen LogP contribution in [0.4, 0.5) is 0 Å². The second-order valence-corrected chi connectivity index (χ2v) is 6.95. The maximum atomic E-state index is 5.87. The van der Waals surface area contributed by atoms with Crippen LogP contribution in [-0.4, -0.2) is 18.8 Å². The molecule has 112 valence electrons. The van der Waals surface area contributed by atoms with Gasteiger partial charge in [0.1, 0.15) is 0 Å². The van der Waals surface area contributed by atoms with E-state index in [2.05, 4.69) is 73.2 Å². The molecule has 1 aliphatic carbocycles. The van der Waals surface area contributed by atoms with Gasteiger partial charge in [-0.3, -0.25) is 0 Å². The average Bonchev–Trinajstić information content (AvgIpc) is 2.45. The molecule has 3 heteroatoms. The zero-order valence-electron chi connectivity index (χ0n) is 12.9. The van der Waals surface area contributed by atoms with E-state index in [4.69, 9.17) is 4.74 Å². The maximum absolute atomic E-state index is 5.87. The normalized spacial score (nSPS) is 30.9. The average molecular weight is 340 g/mol. The molecular weight excluding hydrogens is 314 g/mol. The summed E-state index contributed by atoms with van der Waals surface area (Å²) in [6.45, 7) is 9.76. The van der Waals surface area contributed by atoms with E-state index in [-0.39, 0.29) is 5.41 Å². The van der Waals surface area contributed by atoms with E-state index >= 15 is 0 Å². The molecule has 0 bridgehead atoms. The molecule has 1 aromatic carbocycles. The third-order valence-corrected chi connectivity index (χ3v) is 5.46. The second-order valence-electron chi connectivity index (χ2n) is 6.03. The van der Waals surface area contributed by atoms with Gasteiger partial charge in [-0.2, -0.15) is 0 Å². The van der Waals surface area contributed by atoms with E-state index in [0.29, 0.717) is 18.2 Å². The van der Waals surface area contributed by atoms with Gasteiger partial charge in [0, 0.05) is 28.6 Å². The Kier molecular flexibility index (Phi) is 5.27. The van der Waals surface area contributed by atoms with Crippen LogP contribution < -0.4 is 5.32 Å². The quantitative estimate of drug-likeness (QED) is 0.811. The molecule has 1 aromatic rings. The second kappa shape index (κ2) is 6.59.